The van der Waals surface area contributed by atoms with Crippen LogP contribution in [0.2, 0.25) is 0 Å². The number of hydrogen-bond donors (Lipinski definition) is 2. The van der Waals surface area contributed by atoms with E-state index in [4.69, 9.17) is 0 Å². The molecule has 3 nitrogen and oxygen atoms in total. The van der Waals surface area contributed by atoms with Gasteiger partial charge >= 0.3 is 0 Å². The molecule has 1 heterocycles. The molecule has 1 atom stereocenters. The van der Waals surface area contributed by atoms with Gasteiger partial charge in [-0.25, -0.2) is 0 Å². The Morgan fingerprint density at radius 1 is 1.33 bits per heavy atom. The first-order valence-electron chi connectivity index (χ1n) is 6.81. The number of amides is 1. The molecule has 18 heavy (non-hydrogen) atoms. The molecule has 1 fully saturated rings. The van der Waals surface area contributed by atoms with Gasteiger partial charge in [0.25, 0.3) is 0 Å². The van der Waals surface area contributed by atoms with Crippen LogP contribution in [-0.2, 0) is 4.79 Å². The highest BCUT2D eigenvalue weighted by Gasteiger charge is 2.32. The molecule has 3 heteroatoms. The number of rotatable bonds is 3. The molecule has 2 aliphatic rings. The molecule has 1 unspecified atom stereocenters. The Balaban J connectivity index is 1.80. The van der Waals surface area contributed by atoms with Crippen molar-refractivity contribution in [2.75, 3.05) is 11.9 Å². The average molecular weight is 244 g/mol. The molecule has 1 aliphatic carbocycles. The van der Waals surface area contributed by atoms with Gasteiger partial charge in [0.1, 0.15) is 6.04 Å². The molecular weight excluding hydrogens is 224 g/mol. The first-order chi connectivity index (χ1) is 8.66. The minimum Gasteiger partial charge on any atom is -0.324 e. The van der Waals surface area contributed by atoms with E-state index in [9.17, 15) is 4.79 Å². The molecule has 0 spiro atoms. The molecule has 96 valence electrons. The third kappa shape index (κ3) is 1.83. The van der Waals surface area contributed by atoms with Crippen molar-refractivity contribution in [3.63, 3.8) is 0 Å². The number of carbonyl (C=O) groups excluding carboxylic acids is 1. The number of benzene rings is 1. The predicted octanol–water partition coefficient (Wildman–Crippen LogP) is 2.69. The highest BCUT2D eigenvalue weighted by molar-refractivity contribution is 6.03. The van der Waals surface area contributed by atoms with Gasteiger partial charge in [0, 0.05) is 11.3 Å². The molecule has 1 amide bonds. The number of carbonyl (C=O) groups is 1. The summed E-state index contributed by atoms with van der Waals surface area (Å²) in [4.78, 5) is 12.0. The van der Waals surface area contributed by atoms with Crippen LogP contribution in [-0.4, -0.2) is 12.5 Å². The van der Waals surface area contributed by atoms with Crippen LogP contribution in [0.25, 0.3) is 0 Å². The van der Waals surface area contributed by atoms with Gasteiger partial charge in [-0.1, -0.05) is 18.6 Å². The average Bonchev–Trinajstić information content (AvgIpc) is 2.60. The van der Waals surface area contributed by atoms with Crippen LogP contribution in [0.15, 0.2) is 12.1 Å². The van der Waals surface area contributed by atoms with Crippen LogP contribution in [0.4, 0.5) is 5.69 Å². The summed E-state index contributed by atoms with van der Waals surface area (Å²) < 4.78 is 0. The van der Waals surface area contributed by atoms with Gasteiger partial charge in [-0.2, -0.15) is 0 Å². The van der Waals surface area contributed by atoms with Gasteiger partial charge in [0.05, 0.1) is 0 Å². The zero-order chi connectivity index (χ0) is 12.7. The Hall–Kier alpha value is -1.35. The molecule has 0 bridgehead atoms. The zero-order valence-electron chi connectivity index (χ0n) is 11.0. The fraction of sp³-hybridized carbons (Fsp3) is 0.533. The molecule has 1 aromatic carbocycles. The van der Waals surface area contributed by atoms with E-state index in [-0.39, 0.29) is 11.9 Å². The lowest BCUT2D eigenvalue weighted by molar-refractivity contribution is -0.117. The number of fused-ring (bicyclic) bond motifs is 1. The van der Waals surface area contributed by atoms with Gasteiger partial charge in [-0.05, 0) is 50.3 Å². The Labute approximate surface area is 108 Å². The van der Waals surface area contributed by atoms with E-state index >= 15 is 0 Å². The summed E-state index contributed by atoms with van der Waals surface area (Å²) in [6.45, 7) is 5.12. The summed E-state index contributed by atoms with van der Waals surface area (Å²) >= 11 is 0. The second-order valence-electron chi connectivity index (χ2n) is 5.60. The van der Waals surface area contributed by atoms with Crippen LogP contribution in [0, 0.1) is 19.8 Å². The fourth-order valence-corrected chi connectivity index (χ4v) is 2.76. The van der Waals surface area contributed by atoms with Crippen molar-refractivity contribution >= 4 is 11.6 Å². The van der Waals surface area contributed by atoms with Crippen molar-refractivity contribution in [3.05, 3.63) is 28.8 Å². The lowest BCUT2D eigenvalue weighted by Gasteiger charge is -2.26. The van der Waals surface area contributed by atoms with E-state index < -0.39 is 0 Å². The molecular formula is C15H20N2O. The topological polar surface area (TPSA) is 41.1 Å². The highest BCUT2D eigenvalue weighted by Crippen LogP contribution is 2.35. The number of nitrogens with one attached hydrogen (secondary N) is 2. The monoisotopic (exact) mass is 244 g/mol. The summed E-state index contributed by atoms with van der Waals surface area (Å²) in [5, 5.41) is 6.44. The van der Waals surface area contributed by atoms with Gasteiger partial charge in [0.15, 0.2) is 0 Å². The molecule has 0 aromatic heterocycles. The van der Waals surface area contributed by atoms with Crippen molar-refractivity contribution in [2.24, 2.45) is 5.92 Å². The van der Waals surface area contributed by atoms with E-state index in [0.29, 0.717) is 0 Å². The highest BCUT2D eigenvalue weighted by atomic mass is 16.2. The lowest BCUT2D eigenvalue weighted by Crippen LogP contribution is -2.33. The summed E-state index contributed by atoms with van der Waals surface area (Å²) in [6, 6.07) is 4.03. The third-order valence-corrected chi connectivity index (χ3v) is 4.42. The number of anilines is 1. The maximum atomic E-state index is 12.0. The Morgan fingerprint density at radius 2 is 2.11 bits per heavy atom. The van der Waals surface area contributed by atoms with Crippen molar-refractivity contribution in [1.82, 2.24) is 5.32 Å². The predicted molar refractivity (Wildman–Crippen MR) is 72.6 cm³/mol. The summed E-state index contributed by atoms with van der Waals surface area (Å²) in [5.41, 5.74) is 4.55. The molecule has 1 aromatic rings. The first-order valence-corrected chi connectivity index (χ1v) is 6.81. The van der Waals surface area contributed by atoms with Crippen LogP contribution in [0.3, 0.4) is 0 Å². The van der Waals surface area contributed by atoms with Crippen LogP contribution >= 0.6 is 0 Å². The van der Waals surface area contributed by atoms with Crippen molar-refractivity contribution in [1.29, 1.82) is 0 Å². The van der Waals surface area contributed by atoms with Crippen LogP contribution in [0.1, 0.15) is 42.0 Å². The van der Waals surface area contributed by atoms with E-state index in [1.54, 1.807) is 0 Å². The second kappa shape index (κ2) is 4.39. The number of aryl methyl sites for hydroxylation is 1. The normalized spacial score (nSPS) is 22.6. The molecule has 2 N–H and O–H groups in total. The maximum Gasteiger partial charge on any atom is 0.246 e. The van der Waals surface area contributed by atoms with Crippen LogP contribution < -0.4 is 10.6 Å². The van der Waals surface area contributed by atoms with Gasteiger partial charge < -0.3 is 10.6 Å². The van der Waals surface area contributed by atoms with Crippen molar-refractivity contribution in [2.45, 2.75) is 39.2 Å². The van der Waals surface area contributed by atoms with E-state index in [1.807, 2.05) is 0 Å². The molecule has 0 radical (unpaired) electrons. The Kier molecular flexibility index (Phi) is 2.86. The summed E-state index contributed by atoms with van der Waals surface area (Å²) in [5.74, 6) is 0.867. The Bertz CT molecular complexity index is 492. The van der Waals surface area contributed by atoms with E-state index in [2.05, 4.69) is 36.6 Å². The standard InChI is InChI=1S/C15H20N2O/c1-9-6-7-12-13(10(9)2)17-15(18)14(12)16-8-11-4-3-5-11/h6-7,11,14,16H,3-5,8H2,1-2H3,(H,17,18). The van der Waals surface area contributed by atoms with Crippen LogP contribution in [0.5, 0.6) is 0 Å². The van der Waals surface area contributed by atoms with E-state index in [1.165, 1.54) is 30.4 Å². The van der Waals surface area contributed by atoms with Gasteiger partial charge in [-0.15, -0.1) is 0 Å². The summed E-state index contributed by atoms with van der Waals surface area (Å²) in [6.07, 6.45) is 3.96. The zero-order valence-corrected chi connectivity index (χ0v) is 11.0. The van der Waals surface area contributed by atoms with E-state index in [0.717, 1.165) is 23.7 Å². The minimum absolute atomic E-state index is 0.0954. The maximum absolute atomic E-state index is 12.0. The van der Waals surface area contributed by atoms with Crippen molar-refractivity contribution < 1.29 is 4.79 Å². The fourth-order valence-electron chi connectivity index (χ4n) is 2.76. The first kappa shape index (κ1) is 11.7. The second-order valence-corrected chi connectivity index (χ2v) is 5.60. The summed E-state index contributed by atoms with van der Waals surface area (Å²) in [7, 11) is 0. The molecule has 1 saturated carbocycles. The number of hydrogen-bond acceptors (Lipinski definition) is 2. The quantitative estimate of drug-likeness (QED) is 0.858. The minimum atomic E-state index is -0.153. The lowest BCUT2D eigenvalue weighted by atomic mass is 9.85. The molecule has 0 saturated heterocycles. The SMILES string of the molecule is Cc1ccc2c(c1C)NC(=O)C2NCC1CCC1. The Morgan fingerprint density at radius 3 is 2.78 bits per heavy atom. The smallest absolute Gasteiger partial charge is 0.246 e. The molecule has 3 rings (SSSR count). The largest absolute Gasteiger partial charge is 0.324 e. The van der Waals surface area contributed by atoms with Gasteiger partial charge in [0.2, 0.25) is 5.91 Å². The molecule has 1 aliphatic heterocycles. The van der Waals surface area contributed by atoms with Crippen molar-refractivity contribution in [3.8, 4) is 0 Å². The third-order valence-electron chi connectivity index (χ3n) is 4.42. The van der Waals surface area contributed by atoms with Gasteiger partial charge in [-0.3, -0.25) is 4.79 Å².